The molecule has 2 unspecified atom stereocenters. The molecule has 0 aliphatic rings. The molecular weight excluding hydrogens is 246 g/mol. The predicted molar refractivity (Wildman–Crippen MR) is 76.3 cm³/mol. The van der Waals surface area contributed by atoms with E-state index >= 15 is 0 Å². The van der Waals surface area contributed by atoms with Crippen molar-refractivity contribution in [3.05, 3.63) is 0 Å². The van der Waals surface area contributed by atoms with E-state index in [4.69, 9.17) is 9.47 Å². The largest absolute Gasteiger partial charge is 0.389 e. The Morgan fingerprint density at radius 2 is 1.95 bits per heavy atom. The van der Waals surface area contributed by atoms with Gasteiger partial charge in [0, 0.05) is 13.1 Å². The van der Waals surface area contributed by atoms with E-state index in [1.165, 1.54) is 0 Å². The molecule has 0 spiro atoms. The topological polar surface area (TPSA) is 71.0 Å². The van der Waals surface area contributed by atoms with Gasteiger partial charge in [-0.2, -0.15) is 0 Å². The van der Waals surface area contributed by atoms with Gasteiger partial charge in [0.2, 0.25) is 0 Å². The summed E-state index contributed by atoms with van der Waals surface area (Å²) in [6.07, 6.45) is 1.34. The lowest BCUT2D eigenvalue weighted by Crippen LogP contribution is -2.41. The first-order valence-corrected chi connectivity index (χ1v) is 7.18. The fourth-order valence-electron chi connectivity index (χ4n) is 1.76. The Morgan fingerprint density at radius 3 is 2.53 bits per heavy atom. The molecule has 0 fully saturated rings. The minimum Gasteiger partial charge on any atom is -0.389 e. The number of nitrogens with one attached hydrogen (secondary N) is 1. The Labute approximate surface area is 117 Å². The second-order valence-electron chi connectivity index (χ2n) is 5.53. The van der Waals surface area contributed by atoms with Crippen molar-refractivity contribution in [1.82, 2.24) is 5.32 Å². The minimum atomic E-state index is -0.708. The van der Waals surface area contributed by atoms with E-state index in [9.17, 15) is 10.2 Å². The van der Waals surface area contributed by atoms with Crippen LogP contribution in [0.1, 0.15) is 40.5 Å². The van der Waals surface area contributed by atoms with Gasteiger partial charge in [0.1, 0.15) is 0 Å². The Morgan fingerprint density at radius 1 is 1.26 bits per heavy atom. The van der Waals surface area contributed by atoms with Crippen molar-refractivity contribution in [1.29, 1.82) is 0 Å². The maximum atomic E-state index is 9.93. The summed E-state index contributed by atoms with van der Waals surface area (Å²) in [5.41, 5.74) is -0.708. The van der Waals surface area contributed by atoms with Crippen LogP contribution in [0, 0.1) is 0 Å². The Hall–Kier alpha value is -0.200. The average molecular weight is 277 g/mol. The van der Waals surface area contributed by atoms with Gasteiger partial charge in [-0.25, -0.2) is 0 Å². The highest BCUT2D eigenvalue weighted by atomic mass is 16.5. The van der Waals surface area contributed by atoms with Crippen LogP contribution < -0.4 is 5.32 Å². The van der Waals surface area contributed by atoms with Crippen LogP contribution >= 0.6 is 0 Å². The average Bonchev–Trinajstić information content (AvgIpc) is 2.27. The van der Waals surface area contributed by atoms with Crippen LogP contribution in [0.25, 0.3) is 0 Å². The zero-order chi connectivity index (χ0) is 14.7. The number of aliphatic hydroxyl groups excluding tert-OH is 1. The quantitative estimate of drug-likeness (QED) is 0.463. The van der Waals surface area contributed by atoms with Crippen molar-refractivity contribution in [3.8, 4) is 0 Å². The third-order valence-electron chi connectivity index (χ3n) is 2.66. The summed E-state index contributed by atoms with van der Waals surface area (Å²) in [6.45, 7) is 10.0. The van der Waals surface area contributed by atoms with Gasteiger partial charge < -0.3 is 25.0 Å². The second kappa shape index (κ2) is 10.6. The van der Waals surface area contributed by atoms with Crippen molar-refractivity contribution < 1.29 is 19.7 Å². The zero-order valence-corrected chi connectivity index (χ0v) is 12.8. The third-order valence-corrected chi connectivity index (χ3v) is 2.66. The molecule has 2 atom stereocenters. The summed E-state index contributed by atoms with van der Waals surface area (Å²) >= 11 is 0. The van der Waals surface area contributed by atoms with Gasteiger partial charge >= 0.3 is 0 Å². The Bertz CT molecular complexity index is 210. The predicted octanol–water partition coefficient (Wildman–Crippen LogP) is 0.930. The third kappa shape index (κ3) is 12.6. The van der Waals surface area contributed by atoms with Gasteiger partial charge in [0.25, 0.3) is 0 Å². The first-order valence-electron chi connectivity index (χ1n) is 7.18. The summed E-state index contributed by atoms with van der Waals surface area (Å²) in [5.74, 6) is 0. The molecule has 5 nitrogen and oxygen atoms in total. The van der Waals surface area contributed by atoms with Crippen molar-refractivity contribution in [2.75, 3.05) is 32.9 Å². The van der Waals surface area contributed by atoms with E-state index in [2.05, 4.69) is 5.32 Å². The van der Waals surface area contributed by atoms with Crippen LogP contribution in [0.15, 0.2) is 0 Å². The molecule has 0 bridgehead atoms. The van der Waals surface area contributed by atoms with Crippen LogP contribution in [0.2, 0.25) is 0 Å². The lowest BCUT2D eigenvalue weighted by molar-refractivity contribution is -0.0121. The summed E-state index contributed by atoms with van der Waals surface area (Å²) < 4.78 is 10.6. The van der Waals surface area contributed by atoms with E-state index in [0.29, 0.717) is 26.3 Å². The molecule has 19 heavy (non-hydrogen) atoms. The lowest BCUT2D eigenvalue weighted by Gasteiger charge is -2.24. The number of hydrogen-bond donors (Lipinski definition) is 3. The molecule has 0 aliphatic carbocycles. The number of rotatable bonds is 12. The molecule has 5 heteroatoms. The standard InChI is InChI=1S/C14H31NO4/c1-5-6-14(4,17)11-15-9-13(16)10-18-7-8-19-12(2)3/h12-13,15-17H,5-11H2,1-4H3. The van der Waals surface area contributed by atoms with Crippen molar-refractivity contribution in [3.63, 3.8) is 0 Å². The molecule has 0 radical (unpaired) electrons. The molecule has 3 N–H and O–H groups in total. The molecule has 0 amide bonds. The summed E-state index contributed by atoms with van der Waals surface area (Å²) in [6, 6.07) is 0. The molecule has 0 saturated heterocycles. The maximum absolute atomic E-state index is 9.93. The van der Waals surface area contributed by atoms with E-state index in [0.717, 1.165) is 12.8 Å². The number of hydrogen-bond acceptors (Lipinski definition) is 5. The minimum absolute atomic E-state index is 0.205. The molecule has 0 aliphatic heterocycles. The Balaban J connectivity index is 3.46. The molecule has 116 valence electrons. The molecule has 0 saturated carbocycles. The van der Waals surface area contributed by atoms with Crippen LogP contribution in [-0.4, -0.2) is 60.9 Å². The number of aliphatic hydroxyl groups is 2. The lowest BCUT2D eigenvalue weighted by atomic mass is 10.0. The van der Waals surface area contributed by atoms with Gasteiger partial charge in [-0.3, -0.25) is 0 Å². The van der Waals surface area contributed by atoms with E-state index < -0.39 is 11.7 Å². The zero-order valence-electron chi connectivity index (χ0n) is 12.8. The fraction of sp³-hybridized carbons (Fsp3) is 1.00. The SMILES string of the molecule is CCCC(C)(O)CNCC(O)COCCOC(C)C. The molecular formula is C14H31NO4. The van der Waals surface area contributed by atoms with E-state index in [1.54, 1.807) is 6.92 Å². The van der Waals surface area contributed by atoms with E-state index in [1.807, 2.05) is 20.8 Å². The molecule has 0 aromatic rings. The van der Waals surface area contributed by atoms with Gasteiger partial charge in [0.05, 0.1) is 37.6 Å². The summed E-state index contributed by atoms with van der Waals surface area (Å²) in [5, 5.41) is 22.7. The molecule has 0 rings (SSSR count). The van der Waals surface area contributed by atoms with Gasteiger partial charge in [-0.05, 0) is 27.2 Å². The van der Waals surface area contributed by atoms with Crippen LogP contribution in [0.5, 0.6) is 0 Å². The molecule has 0 aromatic carbocycles. The second-order valence-corrected chi connectivity index (χ2v) is 5.53. The maximum Gasteiger partial charge on any atom is 0.0897 e. The monoisotopic (exact) mass is 277 g/mol. The van der Waals surface area contributed by atoms with Crippen LogP contribution in [-0.2, 0) is 9.47 Å². The Kier molecular flexibility index (Phi) is 10.5. The molecule has 0 aromatic heterocycles. The summed E-state index contributed by atoms with van der Waals surface area (Å²) in [4.78, 5) is 0. The first-order chi connectivity index (χ1) is 8.87. The highest BCUT2D eigenvalue weighted by Gasteiger charge is 2.18. The van der Waals surface area contributed by atoms with Crippen LogP contribution in [0.4, 0.5) is 0 Å². The number of ether oxygens (including phenoxy) is 2. The molecule has 0 heterocycles. The highest BCUT2D eigenvalue weighted by molar-refractivity contribution is 4.75. The highest BCUT2D eigenvalue weighted by Crippen LogP contribution is 2.09. The first kappa shape index (κ1) is 18.8. The van der Waals surface area contributed by atoms with Crippen LogP contribution in [0.3, 0.4) is 0 Å². The van der Waals surface area contributed by atoms with E-state index in [-0.39, 0.29) is 12.7 Å². The normalized spacial score (nSPS) is 16.6. The van der Waals surface area contributed by atoms with Gasteiger partial charge in [0.15, 0.2) is 0 Å². The van der Waals surface area contributed by atoms with Crippen molar-refractivity contribution in [2.45, 2.75) is 58.3 Å². The fourth-order valence-corrected chi connectivity index (χ4v) is 1.76. The smallest absolute Gasteiger partial charge is 0.0897 e. The summed E-state index contributed by atoms with van der Waals surface area (Å²) in [7, 11) is 0. The van der Waals surface area contributed by atoms with Gasteiger partial charge in [-0.1, -0.05) is 13.3 Å². The van der Waals surface area contributed by atoms with Crippen molar-refractivity contribution in [2.24, 2.45) is 0 Å². The van der Waals surface area contributed by atoms with Gasteiger partial charge in [-0.15, -0.1) is 0 Å². The van der Waals surface area contributed by atoms with Crippen molar-refractivity contribution >= 4 is 0 Å².